The normalized spacial score (nSPS) is 11.5. The maximum Gasteiger partial charge on any atom is 0.184 e. The first-order chi connectivity index (χ1) is 9.44. The van der Waals surface area contributed by atoms with E-state index >= 15 is 0 Å². The molecule has 5 nitrogen and oxygen atoms in total. The largest absolute Gasteiger partial charge is 0.382 e. The van der Waals surface area contributed by atoms with Gasteiger partial charge in [-0.05, 0) is 29.2 Å². The Bertz CT molecular complexity index is 696. The highest BCUT2D eigenvalue weighted by Gasteiger charge is 2.23. The molecule has 0 spiro atoms. The standard InChI is InChI=1S/C12H14ClN3O2S2/c1-2-20(17,18)10-11(14)16-19-12(10)15-7-8-3-5-9(13)6-4-8/h3-6,15H,2,7H2,1H3,(H2,14,16). The lowest BCUT2D eigenvalue weighted by molar-refractivity contribution is 0.598. The van der Waals surface area contributed by atoms with E-state index in [0.717, 1.165) is 17.1 Å². The molecule has 1 aromatic heterocycles. The minimum absolute atomic E-state index is 0.00869. The maximum atomic E-state index is 12.0. The van der Waals surface area contributed by atoms with Crippen LogP contribution in [-0.2, 0) is 16.4 Å². The van der Waals surface area contributed by atoms with Crippen LogP contribution in [0.3, 0.4) is 0 Å². The second-order valence-electron chi connectivity index (χ2n) is 4.11. The Labute approximate surface area is 126 Å². The van der Waals surface area contributed by atoms with E-state index in [1.165, 1.54) is 0 Å². The summed E-state index contributed by atoms with van der Waals surface area (Å²) in [6.45, 7) is 2.06. The monoisotopic (exact) mass is 331 g/mol. The molecule has 20 heavy (non-hydrogen) atoms. The van der Waals surface area contributed by atoms with Gasteiger partial charge in [0, 0.05) is 11.6 Å². The second kappa shape index (κ2) is 5.99. The zero-order valence-electron chi connectivity index (χ0n) is 10.8. The van der Waals surface area contributed by atoms with E-state index < -0.39 is 9.84 Å². The van der Waals surface area contributed by atoms with Crippen LogP contribution in [0.4, 0.5) is 10.8 Å². The molecular formula is C12H14ClN3O2S2. The first-order valence-corrected chi connectivity index (χ1v) is 8.70. The fourth-order valence-corrected chi connectivity index (χ4v) is 3.93. The number of hydrogen-bond donors (Lipinski definition) is 2. The van der Waals surface area contributed by atoms with Gasteiger partial charge in [0.2, 0.25) is 0 Å². The summed E-state index contributed by atoms with van der Waals surface area (Å²) in [4.78, 5) is 0.0963. The summed E-state index contributed by atoms with van der Waals surface area (Å²) < 4.78 is 27.9. The van der Waals surface area contributed by atoms with E-state index in [1.54, 1.807) is 19.1 Å². The Hall–Kier alpha value is -1.31. The molecule has 0 saturated carbocycles. The Balaban J connectivity index is 2.21. The first kappa shape index (κ1) is 15.1. The molecule has 0 aliphatic rings. The second-order valence-corrected chi connectivity index (χ2v) is 7.53. The highest BCUT2D eigenvalue weighted by molar-refractivity contribution is 7.91. The number of aromatic nitrogens is 1. The van der Waals surface area contributed by atoms with Crippen LogP contribution in [-0.4, -0.2) is 18.5 Å². The quantitative estimate of drug-likeness (QED) is 0.880. The van der Waals surface area contributed by atoms with E-state index in [-0.39, 0.29) is 16.5 Å². The van der Waals surface area contributed by atoms with Gasteiger partial charge >= 0.3 is 0 Å². The summed E-state index contributed by atoms with van der Waals surface area (Å²) in [5.74, 6) is 0.0427. The number of hydrogen-bond acceptors (Lipinski definition) is 6. The molecule has 1 heterocycles. The number of sulfone groups is 1. The fraction of sp³-hybridized carbons (Fsp3) is 0.250. The lowest BCUT2D eigenvalue weighted by atomic mass is 10.2. The molecule has 0 bridgehead atoms. The van der Waals surface area contributed by atoms with Gasteiger partial charge in [-0.2, -0.15) is 4.37 Å². The predicted octanol–water partition coefficient (Wildman–Crippen LogP) is 2.78. The van der Waals surface area contributed by atoms with Crippen LogP contribution in [0, 0.1) is 0 Å². The summed E-state index contributed by atoms with van der Waals surface area (Å²) in [6.07, 6.45) is 0. The molecule has 1 aromatic carbocycles. The zero-order chi connectivity index (χ0) is 14.8. The van der Waals surface area contributed by atoms with E-state index in [9.17, 15) is 8.42 Å². The van der Waals surface area contributed by atoms with Crippen molar-refractivity contribution in [2.24, 2.45) is 0 Å². The van der Waals surface area contributed by atoms with Crippen molar-refractivity contribution in [3.05, 3.63) is 34.9 Å². The van der Waals surface area contributed by atoms with Crippen LogP contribution in [0.5, 0.6) is 0 Å². The number of nitrogen functional groups attached to an aromatic ring is 1. The predicted molar refractivity (Wildman–Crippen MR) is 83.0 cm³/mol. The number of nitrogens with one attached hydrogen (secondary N) is 1. The molecule has 0 radical (unpaired) electrons. The summed E-state index contributed by atoms with van der Waals surface area (Å²) in [5.41, 5.74) is 6.64. The number of nitrogens with zero attached hydrogens (tertiary/aromatic N) is 1. The van der Waals surface area contributed by atoms with Crippen molar-refractivity contribution in [2.45, 2.75) is 18.4 Å². The number of anilines is 2. The number of benzene rings is 1. The molecule has 0 amide bonds. The van der Waals surface area contributed by atoms with Gasteiger partial charge < -0.3 is 11.1 Å². The van der Waals surface area contributed by atoms with Gasteiger partial charge in [0.1, 0.15) is 9.90 Å². The summed E-state index contributed by atoms with van der Waals surface area (Å²) >= 11 is 6.86. The molecule has 3 N–H and O–H groups in total. The van der Waals surface area contributed by atoms with E-state index in [2.05, 4.69) is 9.69 Å². The molecule has 0 fully saturated rings. The van der Waals surface area contributed by atoms with Crippen molar-refractivity contribution in [1.29, 1.82) is 0 Å². The Morgan fingerprint density at radius 2 is 2.00 bits per heavy atom. The Morgan fingerprint density at radius 1 is 1.35 bits per heavy atom. The molecule has 0 saturated heterocycles. The van der Waals surface area contributed by atoms with Crippen LogP contribution in [0.15, 0.2) is 29.2 Å². The lowest BCUT2D eigenvalue weighted by Crippen LogP contribution is -2.09. The zero-order valence-corrected chi connectivity index (χ0v) is 13.1. The van der Waals surface area contributed by atoms with Crippen LogP contribution in [0.25, 0.3) is 0 Å². The number of nitrogens with two attached hydrogens (primary N) is 1. The smallest absolute Gasteiger partial charge is 0.184 e. The number of halogens is 1. The van der Waals surface area contributed by atoms with Crippen LogP contribution < -0.4 is 11.1 Å². The van der Waals surface area contributed by atoms with Crippen LogP contribution in [0.1, 0.15) is 12.5 Å². The molecule has 2 rings (SSSR count). The van der Waals surface area contributed by atoms with Gasteiger partial charge in [-0.15, -0.1) is 0 Å². The Kier molecular flexibility index (Phi) is 4.52. The highest BCUT2D eigenvalue weighted by atomic mass is 35.5. The molecule has 0 aliphatic carbocycles. The molecular weight excluding hydrogens is 318 g/mol. The summed E-state index contributed by atoms with van der Waals surface area (Å²) in [5, 5.41) is 4.19. The first-order valence-electron chi connectivity index (χ1n) is 5.90. The van der Waals surface area contributed by atoms with Gasteiger partial charge in [-0.3, -0.25) is 0 Å². The molecule has 0 atom stereocenters. The van der Waals surface area contributed by atoms with Gasteiger partial charge in [0.15, 0.2) is 15.7 Å². The van der Waals surface area contributed by atoms with Gasteiger partial charge in [0.05, 0.1) is 5.75 Å². The third-order valence-electron chi connectivity index (χ3n) is 2.73. The van der Waals surface area contributed by atoms with Crippen molar-refractivity contribution >= 4 is 43.8 Å². The van der Waals surface area contributed by atoms with Crippen LogP contribution >= 0.6 is 23.1 Å². The topological polar surface area (TPSA) is 85.1 Å². The summed E-state index contributed by atoms with van der Waals surface area (Å²) in [7, 11) is -3.39. The van der Waals surface area contributed by atoms with Gasteiger partial charge in [-0.25, -0.2) is 8.42 Å². The van der Waals surface area contributed by atoms with Crippen molar-refractivity contribution in [2.75, 3.05) is 16.8 Å². The minimum Gasteiger partial charge on any atom is -0.382 e. The average molecular weight is 332 g/mol. The molecule has 8 heteroatoms. The SMILES string of the molecule is CCS(=O)(=O)c1c(N)nsc1NCc1ccc(Cl)cc1. The number of rotatable bonds is 5. The third-order valence-corrected chi connectivity index (χ3v) is 5.73. The molecule has 2 aromatic rings. The lowest BCUT2D eigenvalue weighted by Gasteiger charge is -2.07. The van der Waals surface area contributed by atoms with Crippen molar-refractivity contribution in [1.82, 2.24) is 4.37 Å². The molecule has 108 valence electrons. The summed E-state index contributed by atoms with van der Waals surface area (Å²) in [6, 6.07) is 7.30. The Morgan fingerprint density at radius 3 is 2.60 bits per heavy atom. The average Bonchev–Trinajstić information content (AvgIpc) is 2.80. The maximum absolute atomic E-state index is 12.0. The third kappa shape index (κ3) is 3.23. The molecule has 0 unspecified atom stereocenters. The van der Waals surface area contributed by atoms with E-state index in [4.69, 9.17) is 17.3 Å². The fourth-order valence-electron chi connectivity index (χ4n) is 1.64. The highest BCUT2D eigenvalue weighted by Crippen LogP contribution is 2.32. The van der Waals surface area contributed by atoms with E-state index in [0.29, 0.717) is 16.6 Å². The van der Waals surface area contributed by atoms with Crippen LogP contribution in [0.2, 0.25) is 5.02 Å². The molecule has 0 aliphatic heterocycles. The van der Waals surface area contributed by atoms with E-state index in [1.807, 2.05) is 12.1 Å². The van der Waals surface area contributed by atoms with Gasteiger partial charge in [0.25, 0.3) is 0 Å². The van der Waals surface area contributed by atoms with Crippen molar-refractivity contribution in [3.63, 3.8) is 0 Å². The van der Waals surface area contributed by atoms with Crippen molar-refractivity contribution < 1.29 is 8.42 Å². The van der Waals surface area contributed by atoms with Crippen molar-refractivity contribution in [3.8, 4) is 0 Å². The van der Waals surface area contributed by atoms with Gasteiger partial charge in [-0.1, -0.05) is 30.7 Å². The minimum atomic E-state index is -3.39.